The Bertz CT molecular complexity index is 921. The molecule has 0 saturated carbocycles. The number of likely N-dealkylation sites (N-methyl/N-ethyl adjacent to an activating group) is 1. The number of nitrogens with zero attached hydrogens (tertiary/aromatic N) is 4. The van der Waals surface area contributed by atoms with Gasteiger partial charge in [-0.1, -0.05) is 26.0 Å². The van der Waals surface area contributed by atoms with Gasteiger partial charge < -0.3 is 19.1 Å². The maximum Gasteiger partial charge on any atom is 0.410 e. The van der Waals surface area contributed by atoms with Crippen molar-refractivity contribution < 1.29 is 14.3 Å². The fourth-order valence-electron chi connectivity index (χ4n) is 4.04. The first-order chi connectivity index (χ1) is 15.2. The molecule has 1 N–H and O–H groups in total. The van der Waals surface area contributed by atoms with Crippen molar-refractivity contribution in [3.8, 4) is 0 Å². The third kappa shape index (κ3) is 6.00. The minimum absolute atomic E-state index is 0.0340. The SMILES string of the molecule is CCN(CC)CCn1c(NC(=O)C2CCN(C(=O)OC(C)(C)C)CC2)nc2ccccc21. The van der Waals surface area contributed by atoms with Gasteiger partial charge in [0, 0.05) is 32.1 Å². The fourth-order valence-corrected chi connectivity index (χ4v) is 4.04. The molecule has 0 aliphatic carbocycles. The van der Waals surface area contributed by atoms with Gasteiger partial charge in [0.1, 0.15) is 5.60 Å². The molecule has 0 spiro atoms. The second-order valence-corrected chi connectivity index (χ2v) is 9.33. The van der Waals surface area contributed by atoms with Crippen LogP contribution in [0.2, 0.25) is 0 Å². The van der Waals surface area contributed by atoms with Crippen LogP contribution in [0, 0.1) is 5.92 Å². The molecule has 1 saturated heterocycles. The van der Waals surface area contributed by atoms with Crippen LogP contribution in [0.15, 0.2) is 24.3 Å². The van der Waals surface area contributed by atoms with Gasteiger partial charge in [-0.3, -0.25) is 10.1 Å². The van der Waals surface area contributed by atoms with E-state index in [4.69, 9.17) is 4.74 Å². The van der Waals surface area contributed by atoms with Crippen molar-refractivity contribution in [2.45, 2.75) is 59.6 Å². The third-order valence-electron chi connectivity index (χ3n) is 5.94. The molecule has 2 aromatic rings. The third-order valence-corrected chi connectivity index (χ3v) is 5.94. The molecular weight excluding hydrogens is 406 g/mol. The number of aromatic nitrogens is 2. The van der Waals surface area contributed by atoms with Crippen molar-refractivity contribution in [3.63, 3.8) is 0 Å². The Labute approximate surface area is 190 Å². The number of benzene rings is 1. The zero-order valence-electron chi connectivity index (χ0n) is 20.1. The number of ether oxygens (including phenoxy) is 1. The molecule has 0 bridgehead atoms. The lowest BCUT2D eigenvalue weighted by Crippen LogP contribution is -2.43. The summed E-state index contributed by atoms with van der Waals surface area (Å²) in [5.41, 5.74) is 1.38. The predicted octanol–water partition coefficient (Wildman–Crippen LogP) is 3.96. The molecule has 3 rings (SSSR count). The molecule has 1 aliphatic rings. The predicted molar refractivity (Wildman–Crippen MR) is 127 cm³/mol. The summed E-state index contributed by atoms with van der Waals surface area (Å²) in [7, 11) is 0. The van der Waals surface area contributed by atoms with Crippen LogP contribution >= 0.6 is 0 Å². The summed E-state index contributed by atoms with van der Waals surface area (Å²) >= 11 is 0. The number of hydrogen-bond acceptors (Lipinski definition) is 5. The summed E-state index contributed by atoms with van der Waals surface area (Å²) in [4.78, 5) is 34.1. The lowest BCUT2D eigenvalue weighted by atomic mass is 9.96. The number of anilines is 1. The summed E-state index contributed by atoms with van der Waals surface area (Å²) in [6.07, 6.45) is 0.921. The molecule has 32 heavy (non-hydrogen) atoms. The molecule has 176 valence electrons. The maximum absolute atomic E-state index is 13.0. The molecule has 8 nitrogen and oxygen atoms in total. The molecule has 0 atom stereocenters. The Kier molecular flexibility index (Phi) is 7.77. The number of likely N-dealkylation sites (tertiary alicyclic amines) is 1. The first-order valence-corrected chi connectivity index (χ1v) is 11.7. The first-order valence-electron chi connectivity index (χ1n) is 11.7. The molecule has 0 radical (unpaired) electrons. The number of fused-ring (bicyclic) bond motifs is 1. The van der Waals surface area contributed by atoms with Gasteiger partial charge in [0.05, 0.1) is 11.0 Å². The van der Waals surface area contributed by atoms with Crippen molar-refractivity contribution in [2.24, 2.45) is 5.92 Å². The molecule has 1 aliphatic heterocycles. The number of hydrogen-bond donors (Lipinski definition) is 1. The standard InChI is InChI=1S/C24H37N5O3/c1-6-27(7-2)16-17-29-20-11-9-8-10-19(20)25-22(29)26-21(30)18-12-14-28(15-13-18)23(31)32-24(3,4)5/h8-11,18H,6-7,12-17H2,1-5H3,(H,25,26,30). The molecule has 1 aromatic carbocycles. The van der Waals surface area contributed by atoms with Crippen LogP contribution in [-0.4, -0.2) is 69.7 Å². The molecular formula is C24H37N5O3. The van der Waals surface area contributed by atoms with Gasteiger partial charge in [0.2, 0.25) is 11.9 Å². The molecule has 1 aromatic heterocycles. The normalized spacial score (nSPS) is 15.4. The largest absolute Gasteiger partial charge is 0.444 e. The summed E-state index contributed by atoms with van der Waals surface area (Å²) in [5.74, 6) is 0.413. The van der Waals surface area contributed by atoms with Gasteiger partial charge in [-0.25, -0.2) is 9.78 Å². The summed E-state index contributed by atoms with van der Waals surface area (Å²) in [6.45, 7) is 14.5. The topological polar surface area (TPSA) is 79.7 Å². The van der Waals surface area contributed by atoms with E-state index in [1.54, 1.807) is 4.90 Å². The highest BCUT2D eigenvalue weighted by molar-refractivity contribution is 5.93. The van der Waals surface area contributed by atoms with E-state index >= 15 is 0 Å². The zero-order valence-corrected chi connectivity index (χ0v) is 20.1. The van der Waals surface area contributed by atoms with E-state index in [0.717, 1.165) is 37.2 Å². The van der Waals surface area contributed by atoms with Gasteiger partial charge in [-0.15, -0.1) is 0 Å². The van der Waals surface area contributed by atoms with Crippen molar-refractivity contribution in [2.75, 3.05) is 38.0 Å². The number of rotatable bonds is 7. The molecule has 0 unspecified atom stereocenters. The summed E-state index contributed by atoms with van der Waals surface area (Å²) in [6, 6.07) is 7.97. The highest BCUT2D eigenvalue weighted by atomic mass is 16.6. The Balaban J connectivity index is 1.65. The van der Waals surface area contributed by atoms with E-state index in [2.05, 4.69) is 33.6 Å². The van der Waals surface area contributed by atoms with Crippen molar-refractivity contribution in [1.82, 2.24) is 19.4 Å². The Morgan fingerprint density at radius 3 is 2.44 bits per heavy atom. The number of carbonyl (C=O) groups is 2. The molecule has 2 amide bonds. The maximum atomic E-state index is 13.0. The monoisotopic (exact) mass is 443 g/mol. The van der Waals surface area contributed by atoms with Crippen molar-refractivity contribution in [1.29, 1.82) is 0 Å². The minimum Gasteiger partial charge on any atom is -0.444 e. The van der Waals surface area contributed by atoms with E-state index in [1.165, 1.54) is 0 Å². The minimum atomic E-state index is -0.518. The van der Waals surface area contributed by atoms with Crippen LogP contribution in [0.25, 0.3) is 11.0 Å². The number of nitrogens with one attached hydrogen (secondary N) is 1. The van der Waals surface area contributed by atoms with Crippen LogP contribution in [0.1, 0.15) is 47.5 Å². The van der Waals surface area contributed by atoms with Gasteiger partial charge in [0.15, 0.2) is 0 Å². The van der Waals surface area contributed by atoms with Gasteiger partial charge in [-0.05, 0) is 58.8 Å². The van der Waals surface area contributed by atoms with Crippen LogP contribution in [0.4, 0.5) is 10.7 Å². The highest BCUT2D eigenvalue weighted by Crippen LogP contribution is 2.24. The van der Waals surface area contributed by atoms with Gasteiger partial charge in [0.25, 0.3) is 0 Å². The van der Waals surface area contributed by atoms with Gasteiger partial charge in [-0.2, -0.15) is 0 Å². The quantitative estimate of drug-likeness (QED) is 0.701. The number of piperidine rings is 1. The van der Waals surface area contributed by atoms with Crippen molar-refractivity contribution >= 4 is 29.0 Å². The van der Waals surface area contributed by atoms with Crippen LogP contribution in [-0.2, 0) is 16.1 Å². The van der Waals surface area contributed by atoms with E-state index in [0.29, 0.717) is 31.9 Å². The van der Waals surface area contributed by atoms with E-state index in [9.17, 15) is 9.59 Å². The second-order valence-electron chi connectivity index (χ2n) is 9.33. The number of para-hydroxylation sites is 2. The number of carbonyl (C=O) groups excluding carboxylic acids is 2. The van der Waals surface area contributed by atoms with Crippen LogP contribution in [0.5, 0.6) is 0 Å². The smallest absolute Gasteiger partial charge is 0.410 e. The lowest BCUT2D eigenvalue weighted by molar-refractivity contribution is -0.121. The van der Waals surface area contributed by atoms with Crippen molar-refractivity contribution in [3.05, 3.63) is 24.3 Å². The number of amides is 2. The average molecular weight is 444 g/mol. The van der Waals surface area contributed by atoms with E-state index < -0.39 is 5.60 Å². The molecule has 2 heterocycles. The summed E-state index contributed by atoms with van der Waals surface area (Å²) < 4.78 is 7.55. The lowest BCUT2D eigenvalue weighted by Gasteiger charge is -2.32. The Morgan fingerprint density at radius 1 is 1.16 bits per heavy atom. The zero-order chi connectivity index (χ0) is 23.3. The Hall–Kier alpha value is -2.61. The van der Waals surface area contributed by atoms with Crippen LogP contribution < -0.4 is 5.32 Å². The molecule has 1 fully saturated rings. The first kappa shape index (κ1) is 24.0. The van der Waals surface area contributed by atoms with Gasteiger partial charge >= 0.3 is 6.09 Å². The van der Waals surface area contributed by atoms with E-state index in [-0.39, 0.29) is 17.9 Å². The molecule has 8 heteroatoms. The second kappa shape index (κ2) is 10.3. The number of imidazole rings is 1. The van der Waals surface area contributed by atoms with E-state index in [1.807, 2.05) is 45.0 Å². The summed E-state index contributed by atoms with van der Waals surface area (Å²) in [5, 5.41) is 3.07. The highest BCUT2D eigenvalue weighted by Gasteiger charge is 2.30. The fraction of sp³-hybridized carbons (Fsp3) is 0.625. The Morgan fingerprint density at radius 2 is 1.81 bits per heavy atom. The average Bonchev–Trinajstić information content (AvgIpc) is 3.10. The van der Waals surface area contributed by atoms with Crippen LogP contribution in [0.3, 0.4) is 0 Å².